The van der Waals surface area contributed by atoms with Gasteiger partial charge in [0.05, 0.1) is 23.9 Å². The number of aromatic hydroxyl groups is 1. The Morgan fingerprint density at radius 2 is 2.03 bits per heavy atom. The number of hydrogen-bond acceptors (Lipinski definition) is 6. The molecule has 2 aliphatic rings. The van der Waals surface area contributed by atoms with Crippen LogP contribution in [0, 0.1) is 11.8 Å². The maximum absolute atomic E-state index is 10.1. The first-order valence-corrected chi connectivity index (χ1v) is 11.7. The van der Waals surface area contributed by atoms with Gasteiger partial charge in [-0.2, -0.15) is 0 Å². The normalized spacial score (nSPS) is 23.0. The van der Waals surface area contributed by atoms with Crippen molar-refractivity contribution in [2.45, 2.75) is 31.8 Å². The summed E-state index contributed by atoms with van der Waals surface area (Å²) in [5, 5.41) is 14.8. The Balaban J connectivity index is 1.28. The predicted molar refractivity (Wildman–Crippen MR) is 128 cm³/mol. The highest BCUT2D eigenvalue weighted by Crippen LogP contribution is 2.40. The van der Waals surface area contributed by atoms with Gasteiger partial charge in [0.1, 0.15) is 12.4 Å². The molecule has 4 N–H and O–H groups in total. The highest BCUT2D eigenvalue weighted by molar-refractivity contribution is 5.96. The maximum Gasteiger partial charge on any atom is 0.161 e. The quantitative estimate of drug-likeness (QED) is 0.551. The number of anilines is 1. The van der Waals surface area contributed by atoms with Crippen LogP contribution in [-0.2, 0) is 6.54 Å². The second-order valence-corrected chi connectivity index (χ2v) is 9.11. The molecule has 6 heteroatoms. The number of benzene rings is 2. The number of phenolic OH excluding ortho intramolecular Hbond substituents is 1. The van der Waals surface area contributed by atoms with E-state index in [4.69, 9.17) is 10.5 Å². The molecule has 32 heavy (non-hydrogen) atoms. The molecule has 0 saturated heterocycles. The van der Waals surface area contributed by atoms with Gasteiger partial charge < -0.3 is 25.8 Å². The zero-order valence-corrected chi connectivity index (χ0v) is 18.4. The van der Waals surface area contributed by atoms with Gasteiger partial charge in [-0.15, -0.1) is 0 Å². The fourth-order valence-electron chi connectivity index (χ4n) is 5.35. The first-order valence-electron chi connectivity index (χ1n) is 11.7. The number of aromatic nitrogens is 1. The fourth-order valence-corrected chi connectivity index (χ4v) is 5.35. The van der Waals surface area contributed by atoms with Crippen LogP contribution in [0.5, 0.6) is 11.5 Å². The van der Waals surface area contributed by atoms with E-state index in [9.17, 15) is 5.11 Å². The number of nitrogens with two attached hydrogens (primary N) is 1. The zero-order valence-electron chi connectivity index (χ0n) is 18.4. The van der Waals surface area contributed by atoms with Crippen molar-refractivity contribution in [1.29, 1.82) is 0 Å². The Labute approximate surface area is 189 Å². The van der Waals surface area contributed by atoms with E-state index < -0.39 is 0 Å². The maximum atomic E-state index is 10.1. The van der Waals surface area contributed by atoms with E-state index in [1.54, 1.807) is 12.1 Å². The number of nitrogens with zero attached hydrogens (tertiary/aromatic N) is 2. The van der Waals surface area contributed by atoms with Crippen LogP contribution in [0.2, 0.25) is 0 Å². The third-order valence-corrected chi connectivity index (χ3v) is 7.01. The van der Waals surface area contributed by atoms with Crippen molar-refractivity contribution in [3.63, 3.8) is 0 Å². The summed E-state index contributed by atoms with van der Waals surface area (Å²) in [7, 11) is 0. The van der Waals surface area contributed by atoms with Crippen molar-refractivity contribution < 1.29 is 9.84 Å². The van der Waals surface area contributed by atoms with Gasteiger partial charge in [-0.25, -0.2) is 0 Å². The summed E-state index contributed by atoms with van der Waals surface area (Å²) in [5.41, 5.74) is 9.48. The van der Waals surface area contributed by atoms with Crippen molar-refractivity contribution in [3.05, 3.63) is 60.3 Å². The molecule has 1 aromatic heterocycles. The van der Waals surface area contributed by atoms with Crippen molar-refractivity contribution >= 4 is 16.6 Å². The highest BCUT2D eigenvalue weighted by atomic mass is 16.5. The van der Waals surface area contributed by atoms with E-state index in [2.05, 4.69) is 45.5 Å². The second kappa shape index (κ2) is 9.35. The van der Waals surface area contributed by atoms with E-state index in [1.807, 2.05) is 12.3 Å². The van der Waals surface area contributed by atoms with E-state index >= 15 is 0 Å². The molecule has 5 rings (SSSR count). The lowest BCUT2D eigenvalue weighted by Crippen LogP contribution is -2.46. The van der Waals surface area contributed by atoms with Crippen LogP contribution in [0.15, 0.2) is 54.7 Å². The van der Waals surface area contributed by atoms with Gasteiger partial charge in [-0.05, 0) is 61.4 Å². The summed E-state index contributed by atoms with van der Waals surface area (Å²) < 4.78 is 5.91. The van der Waals surface area contributed by atoms with Gasteiger partial charge in [0, 0.05) is 24.5 Å². The summed E-state index contributed by atoms with van der Waals surface area (Å²) in [6.45, 7) is 4.09. The Bertz CT molecular complexity index is 1060. The van der Waals surface area contributed by atoms with E-state index in [-0.39, 0.29) is 5.75 Å². The molecule has 2 heterocycles. The molecular weight excluding hydrogens is 400 g/mol. The van der Waals surface area contributed by atoms with Gasteiger partial charge >= 0.3 is 0 Å². The third-order valence-electron chi connectivity index (χ3n) is 7.01. The largest absolute Gasteiger partial charge is 0.508 e. The molecule has 0 amide bonds. The molecular formula is C26H32N4O2. The lowest BCUT2D eigenvalue weighted by atomic mass is 9.77. The standard InChI is InChI=1S/C26H32N4O2/c27-14-20-12-19(6-8-23(20)28-15-18-4-2-1-3-5-18)17-30-10-11-32-25-16-29-24-9-7-21(31)13-22(24)26(25)30/h1-5,7,9,13,16,19-20,23,28,31H,6,8,10-12,14-15,17,27H2/t19-,20-,23-/m1/s1. The van der Waals surface area contributed by atoms with Crippen molar-refractivity contribution in [1.82, 2.24) is 10.3 Å². The van der Waals surface area contributed by atoms with Gasteiger partial charge in [0.25, 0.3) is 0 Å². The van der Waals surface area contributed by atoms with E-state index in [0.29, 0.717) is 31.0 Å². The lowest BCUT2D eigenvalue weighted by molar-refractivity contribution is 0.204. The number of hydrogen-bond donors (Lipinski definition) is 3. The molecule has 3 atom stereocenters. The number of phenols is 1. The molecule has 0 unspecified atom stereocenters. The molecule has 1 aliphatic heterocycles. The number of nitrogens with one attached hydrogen (secondary N) is 1. The summed E-state index contributed by atoms with van der Waals surface area (Å²) in [6, 6.07) is 16.4. The molecule has 6 nitrogen and oxygen atoms in total. The van der Waals surface area contributed by atoms with Crippen LogP contribution in [0.4, 0.5) is 5.69 Å². The van der Waals surface area contributed by atoms with Crippen molar-refractivity contribution in [3.8, 4) is 11.5 Å². The Morgan fingerprint density at radius 1 is 1.16 bits per heavy atom. The van der Waals surface area contributed by atoms with Gasteiger partial charge in [-0.3, -0.25) is 4.98 Å². The van der Waals surface area contributed by atoms with Crippen molar-refractivity contribution in [2.75, 3.05) is 31.1 Å². The van der Waals surface area contributed by atoms with Crippen LogP contribution in [0.25, 0.3) is 10.9 Å². The number of fused-ring (bicyclic) bond motifs is 3. The molecule has 0 bridgehead atoms. The van der Waals surface area contributed by atoms with Crippen LogP contribution in [0.1, 0.15) is 24.8 Å². The Hall–Kier alpha value is -2.83. The summed E-state index contributed by atoms with van der Waals surface area (Å²) in [5.74, 6) is 2.13. The summed E-state index contributed by atoms with van der Waals surface area (Å²) >= 11 is 0. The molecule has 168 valence electrons. The fraction of sp³-hybridized carbons (Fsp3) is 0.423. The third kappa shape index (κ3) is 4.38. The zero-order chi connectivity index (χ0) is 21.9. The minimum Gasteiger partial charge on any atom is -0.508 e. The van der Waals surface area contributed by atoms with E-state index in [1.165, 1.54) is 12.0 Å². The molecule has 1 saturated carbocycles. The Kier molecular flexibility index (Phi) is 6.14. The smallest absolute Gasteiger partial charge is 0.161 e. The topological polar surface area (TPSA) is 83.6 Å². The van der Waals surface area contributed by atoms with Gasteiger partial charge in [-0.1, -0.05) is 30.3 Å². The monoisotopic (exact) mass is 432 g/mol. The Morgan fingerprint density at radius 3 is 2.88 bits per heavy atom. The van der Waals surface area contributed by atoms with Crippen LogP contribution in [-0.4, -0.2) is 42.4 Å². The first-order chi connectivity index (χ1) is 15.7. The second-order valence-electron chi connectivity index (χ2n) is 9.11. The summed E-state index contributed by atoms with van der Waals surface area (Å²) in [6.07, 6.45) is 5.27. The van der Waals surface area contributed by atoms with Gasteiger partial charge in [0.2, 0.25) is 0 Å². The number of ether oxygens (including phenoxy) is 1. The molecule has 1 fully saturated rings. The van der Waals surface area contributed by atoms with Crippen molar-refractivity contribution in [2.24, 2.45) is 17.6 Å². The number of rotatable bonds is 6. The van der Waals surface area contributed by atoms with Crippen LogP contribution < -0.4 is 20.7 Å². The average molecular weight is 433 g/mol. The summed E-state index contributed by atoms with van der Waals surface area (Å²) in [4.78, 5) is 6.94. The molecule has 2 aromatic carbocycles. The molecule has 1 aliphatic carbocycles. The number of pyridine rings is 1. The van der Waals surface area contributed by atoms with Crippen LogP contribution >= 0.6 is 0 Å². The lowest BCUT2D eigenvalue weighted by Gasteiger charge is -2.40. The van der Waals surface area contributed by atoms with Gasteiger partial charge in [0.15, 0.2) is 5.75 Å². The average Bonchev–Trinajstić information content (AvgIpc) is 2.83. The van der Waals surface area contributed by atoms with E-state index in [0.717, 1.165) is 54.8 Å². The highest BCUT2D eigenvalue weighted by Gasteiger charge is 2.32. The molecule has 0 spiro atoms. The predicted octanol–water partition coefficient (Wildman–Crippen LogP) is 3.67. The molecule has 3 aromatic rings. The van der Waals surface area contributed by atoms with Crippen LogP contribution in [0.3, 0.4) is 0 Å². The first kappa shape index (κ1) is 21.0. The minimum absolute atomic E-state index is 0.256. The SMILES string of the molecule is NC[C@H]1C[C@H](CN2CCOc3cnc4ccc(O)cc4c32)CC[C@H]1NCc1ccccc1. The minimum atomic E-state index is 0.256. The molecule has 0 radical (unpaired) electrons.